The van der Waals surface area contributed by atoms with E-state index in [1.165, 1.54) is 0 Å². The van der Waals surface area contributed by atoms with Crippen LogP contribution < -0.4 is 5.73 Å². The molecule has 0 bridgehead atoms. The number of rotatable bonds is 1. The highest BCUT2D eigenvalue weighted by Crippen LogP contribution is 2.28. The standard InChI is InChI=1S/C13H10Br2N4/c1-7-9(15)3-2-4-11(7)19-12-10(18-13(19)16)5-8(14)6-17-12/h2-6H,1H3,(H2,16,18). The molecule has 0 aliphatic carbocycles. The van der Waals surface area contributed by atoms with Gasteiger partial charge in [-0.2, -0.15) is 0 Å². The maximum atomic E-state index is 6.04. The van der Waals surface area contributed by atoms with Crippen LogP contribution in [0.3, 0.4) is 0 Å². The fourth-order valence-electron chi connectivity index (χ4n) is 2.03. The third-order valence-corrected chi connectivity index (χ3v) is 4.26. The SMILES string of the molecule is Cc1c(Br)cccc1-n1c(N)nc2cc(Br)cnc21. The van der Waals surface area contributed by atoms with Gasteiger partial charge in [-0.3, -0.25) is 4.57 Å². The molecule has 0 aliphatic rings. The van der Waals surface area contributed by atoms with Crippen LogP contribution in [0.25, 0.3) is 16.9 Å². The zero-order valence-electron chi connectivity index (χ0n) is 10.1. The van der Waals surface area contributed by atoms with Gasteiger partial charge in [0.15, 0.2) is 5.65 Å². The van der Waals surface area contributed by atoms with Crippen LogP contribution in [0.1, 0.15) is 5.56 Å². The molecule has 3 rings (SSSR count). The molecule has 2 heterocycles. The van der Waals surface area contributed by atoms with Gasteiger partial charge in [0.2, 0.25) is 5.95 Å². The molecule has 4 nitrogen and oxygen atoms in total. The summed E-state index contributed by atoms with van der Waals surface area (Å²) >= 11 is 6.92. The quantitative estimate of drug-likeness (QED) is 0.696. The first-order valence-corrected chi connectivity index (χ1v) is 7.21. The number of nitrogen functional groups attached to an aromatic ring is 1. The smallest absolute Gasteiger partial charge is 0.207 e. The Kier molecular flexibility index (Phi) is 3.06. The van der Waals surface area contributed by atoms with Crippen molar-refractivity contribution in [1.82, 2.24) is 14.5 Å². The Hall–Kier alpha value is -1.40. The Morgan fingerprint density at radius 2 is 2.05 bits per heavy atom. The van der Waals surface area contributed by atoms with E-state index in [0.717, 1.165) is 31.4 Å². The maximum absolute atomic E-state index is 6.04. The lowest BCUT2D eigenvalue weighted by Crippen LogP contribution is -2.03. The molecule has 96 valence electrons. The molecule has 0 atom stereocenters. The number of hydrogen-bond donors (Lipinski definition) is 1. The van der Waals surface area contributed by atoms with E-state index < -0.39 is 0 Å². The van der Waals surface area contributed by atoms with Crippen LogP contribution in [0.2, 0.25) is 0 Å². The zero-order chi connectivity index (χ0) is 13.6. The summed E-state index contributed by atoms with van der Waals surface area (Å²) in [6.07, 6.45) is 1.74. The van der Waals surface area contributed by atoms with Gasteiger partial charge in [-0.15, -0.1) is 0 Å². The van der Waals surface area contributed by atoms with E-state index in [9.17, 15) is 0 Å². The maximum Gasteiger partial charge on any atom is 0.207 e. The minimum absolute atomic E-state index is 0.432. The molecule has 6 heteroatoms. The first-order valence-electron chi connectivity index (χ1n) is 5.63. The summed E-state index contributed by atoms with van der Waals surface area (Å²) < 4.78 is 3.78. The summed E-state index contributed by atoms with van der Waals surface area (Å²) in [5.74, 6) is 0.432. The largest absolute Gasteiger partial charge is 0.369 e. The van der Waals surface area contributed by atoms with Crippen molar-refractivity contribution in [3.05, 3.63) is 45.0 Å². The molecule has 2 N–H and O–H groups in total. The van der Waals surface area contributed by atoms with Gasteiger partial charge in [0.25, 0.3) is 0 Å². The molecule has 0 aliphatic heterocycles. The number of benzene rings is 1. The number of aromatic nitrogens is 3. The molecule has 0 spiro atoms. The second kappa shape index (κ2) is 4.61. The van der Waals surface area contributed by atoms with Gasteiger partial charge in [0.1, 0.15) is 5.52 Å². The lowest BCUT2D eigenvalue weighted by molar-refractivity contribution is 1.06. The van der Waals surface area contributed by atoms with Gasteiger partial charge < -0.3 is 5.73 Å². The molecule has 0 saturated heterocycles. The van der Waals surface area contributed by atoms with Crippen molar-refractivity contribution in [3.63, 3.8) is 0 Å². The van der Waals surface area contributed by atoms with E-state index in [1.54, 1.807) is 6.20 Å². The van der Waals surface area contributed by atoms with Gasteiger partial charge in [-0.25, -0.2) is 9.97 Å². The molecule has 0 fully saturated rings. The van der Waals surface area contributed by atoms with Crippen molar-refractivity contribution in [2.45, 2.75) is 6.92 Å². The fraction of sp³-hybridized carbons (Fsp3) is 0.0769. The summed E-state index contributed by atoms with van der Waals surface area (Å²) in [5.41, 5.74) is 9.63. The zero-order valence-corrected chi connectivity index (χ0v) is 13.2. The monoisotopic (exact) mass is 380 g/mol. The summed E-state index contributed by atoms with van der Waals surface area (Å²) in [4.78, 5) is 8.76. The average molecular weight is 382 g/mol. The van der Waals surface area contributed by atoms with Crippen molar-refractivity contribution < 1.29 is 0 Å². The Labute approximate surface area is 126 Å². The summed E-state index contributed by atoms with van der Waals surface area (Å²) in [6.45, 7) is 2.03. The van der Waals surface area contributed by atoms with E-state index in [4.69, 9.17) is 5.73 Å². The second-order valence-corrected chi connectivity index (χ2v) is 5.96. The number of halogens is 2. The topological polar surface area (TPSA) is 56.7 Å². The molecule has 0 saturated carbocycles. The number of nitrogens with zero attached hydrogens (tertiary/aromatic N) is 3. The van der Waals surface area contributed by atoms with Crippen LogP contribution in [0.5, 0.6) is 0 Å². The Bertz CT molecular complexity index is 780. The number of fused-ring (bicyclic) bond motifs is 1. The van der Waals surface area contributed by atoms with Crippen molar-refractivity contribution in [1.29, 1.82) is 0 Å². The number of nitrogens with two attached hydrogens (primary N) is 1. The Morgan fingerprint density at radius 3 is 2.84 bits per heavy atom. The van der Waals surface area contributed by atoms with Crippen molar-refractivity contribution in [2.24, 2.45) is 0 Å². The normalized spacial score (nSPS) is 11.1. The molecule has 0 amide bonds. The minimum Gasteiger partial charge on any atom is -0.369 e. The first kappa shape index (κ1) is 12.6. The molecule has 2 aromatic heterocycles. The fourth-order valence-corrected chi connectivity index (χ4v) is 2.71. The highest BCUT2D eigenvalue weighted by molar-refractivity contribution is 9.10. The van der Waals surface area contributed by atoms with Gasteiger partial charge in [0, 0.05) is 15.1 Å². The molecular weight excluding hydrogens is 372 g/mol. The lowest BCUT2D eigenvalue weighted by Gasteiger charge is -2.10. The molecular formula is C13H10Br2N4. The van der Waals surface area contributed by atoms with Crippen molar-refractivity contribution >= 4 is 49.0 Å². The molecule has 0 radical (unpaired) electrons. The van der Waals surface area contributed by atoms with Crippen LogP contribution in [0, 0.1) is 6.92 Å². The van der Waals surface area contributed by atoms with Gasteiger partial charge in [-0.1, -0.05) is 22.0 Å². The third kappa shape index (κ3) is 2.04. The van der Waals surface area contributed by atoms with Crippen molar-refractivity contribution in [3.8, 4) is 5.69 Å². The predicted molar refractivity (Wildman–Crippen MR) is 83.4 cm³/mol. The number of hydrogen-bond acceptors (Lipinski definition) is 3. The third-order valence-electron chi connectivity index (χ3n) is 2.97. The van der Waals surface area contributed by atoms with Crippen LogP contribution in [0.4, 0.5) is 5.95 Å². The van der Waals surface area contributed by atoms with E-state index >= 15 is 0 Å². The molecule has 3 aromatic rings. The number of imidazole rings is 1. The number of anilines is 1. The van der Waals surface area contributed by atoms with Crippen LogP contribution in [-0.4, -0.2) is 14.5 Å². The summed E-state index contributed by atoms with van der Waals surface area (Å²) in [6, 6.07) is 7.87. The van der Waals surface area contributed by atoms with E-state index in [-0.39, 0.29) is 0 Å². The lowest BCUT2D eigenvalue weighted by atomic mass is 10.2. The molecule has 1 aromatic carbocycles. The number of pyridine rings is 1. The van der Waals surface area contributed by atoms with E-state index in [2.05, 4.69) is 41.8 Å². The molecule has 0 unspecified atom stereocenters. The van der Waals surface area contributed by atoms with E-state index in [1.807, 2.05) is 35.8 Å². The van der Waals surface area contributed by atoms with Gasteiger partial charge in [-0.05, 0) is 46.6 Å². The second-order valence-electron chi connectivity index (χ2n) is 4.19. The van der Waals surface area contributed by atoms with Gasteiger partial charge in [0.05, 0.1) is 5.69 Å². The predicted octanol–water partition coefficient (Wildman–Crippen LogP) is 3.84. The van der Waals surface area contributed by atoms with Gasteiger partial charge >= 0.3 is 0 Å². The van der Waals surface area contributed by atoms with E-state index in [0.29, 0.717) is 5.95 Å². The average Bonchev–Trinajstić information content (AvgIpc) is 2.68. The minimum atomic E-state index is 0.432. The summed E-state index contributed by atoms with van der Waals surface area (Å²) in [5, 5.41) is 0. The van der Waals surface area contributed by atoms with Crippen LogP contribution in [0.15, 0.2) is 39.4 Å². The van der Waals surface area contributed by atoms with Crippen LogP contribution >= 0.6 is 31.9 Å². The Balaban J connectivity index is 2.36. The highest BCUT2D eigenvalue weighted by Gasteiger charge is 2.14. The highest BCUT2D eigenvalue weighted by atomic mass is 79.9. The van der Waals surface area contributed by atoms with Crippen molar-refractivity contribution in [2.75, 3.05) is 5.73 Å². The van der Waals surface area contributed by atoms with Crippen LogP contribution in [-0.2, 0) is 0 Å². The molecule has 19 heavy (non-hydrogen) atoms. The first-order chi connectivity index (χ1) is 9.08. The summed E-state index contributed by atoms with van der Waals surface area (Å²) in [7, 11) is 0. The Morgan fingerprint density at radius 1 is 1.26 bits per heavy atom.